The van der Waals surface area contributed by atoms with Crippen LogP contribution < -0.4 is 5.32 Å². The van der Waals surface area contributed by atoms with Gasteiger partial charge in [-0.15, -0.1) is 0 Å². The van der Waals surface area contributed by atoms with E-state index in [0.717, 1.165) is 19.5 Å². The Balaban J connectivity index is 2.02. The summed E-state index contributed by atoms with van der Waals surface area (Å²) in [6.45, 7) is 3.24. The summed E-state index contributed by atoms with van der Waals surface area (Å²) >= 11 is 0. The van der Waals surface area contributed by atoms with Gasteiger partial charge in [-0.25, -0.2) is 0 Å². The third-order valence-corrected chi connectivity index (χ3v) is 3.70. The minimum absolute atomic E-state index is 0.281. The second-order valence-electron chi connectivity index (χ2n) is 5.18. The Morgan fingerprint density at radius 3 is 2.22 bits per heavy atom. The van der Waals surface area contributed by atoms with Crippen LogP contribution in [0, 0.1) is 5.92 Å². The van der Waals surface area contributed by atoms with Crippen LogP contribution in [0.3, 0.4) is 0 Å². The SMILES string of the molecule is CNCCCCCCN1CCC(C(F)(F)F)CC1. The zero-order valence-corrected chi connectivity index (χ0v) is 11.2. The maximum absolute atomic E-state index is 12.5. The minimum Gasteiger partial charge on any atom is -0.320 e. The number of nitrogens with one attached hydrogen (secondary N) is 1. The van der Waals surface area contributed by atoms with Gasteiger partial charge >= 0.3 is 6.18 Å². The molecule has 1 heterocycles. The summed E-state index contributed by atoms with van der Waals surface area (Å²) in [5, 5.41) is 3.11. The van der Waals surface area contributed by atoms with Crippen LogP contribution in [-0.2, 0) is 0 Å². The van der Waals surface area contributed by atoms with Crippen molar-refractivity contribution in [2.75, 3.05) is 33.2 Å². The Morgan fingerprint density at radius 1 is 1.06 bits per heavy atom. The first-order valence-corrected chi connectivity index (χ1v) is 6.97. The normalized spacial score (nSPS) is 19.3. The van der Waals surface area contributed by atoms with Gasteiger partial charge in [0.15, 0.2) is 0 Å². The Labute approximate surface area is 108 Å². The lowest BCUT2D eigenvalue weighted by molar-refractivity contribution is -0.185. The summed E-state index contributed by atoms with van der Waals surface area (Å²) in [5.74, 6) is -1.07. The highest BCUT2D eigenvalue weighted by Crippen LogP contribution is 2.34. The Kier molecular flexibility index (Phi) is 7.00. The monoisotopic (exact) mass is 266 g/mol. The predicted octanol–water partition coefficient (Wildman–Crippen LogP) is 3.04. The molecule has 2 nitrogen and oxygen atoms in total. The third kappa shape index (κ3) is 6.05. The van der Waals surface area contributed by atoms with Gasteiger partial charge in [0.1, 0.15) is 0 Å². The summed E-state index contributed by atoms with van der Waals surface area (Å²) < 4.78 is 37.4. The zero-order valence-electron chi connectivity index (χ0n) is 11.2. The van der Waals surface area contributed by atoms with Crippen molar-refractivity contribution in [1.82, 2.24) is 10.2 Å². The molecule has 0 spiro atoms. The lowest BCUT2D eigenvalue weighted by Gasteiger charge is -2.32. The fourth-order valence-corrected chi connectivity index (χ4v) is 2.47. The number of halogens is 3. The molecule has 0 radical (unpaired) electrons. The average Bonchev–Trinajstić information content (AvgIpc) is 2.33. The fourth-order valence-electron chi connectivity index (χ4n) is 2.47. The Hall–Kier alpha value is -0.290. The molecular formula is C13H25F3N2. The van der Waals surface area contributed by atoms with E-state index in [2.05, 4.69) is 10.2 Å². The van der Waals surface area contributed by atoms with Crippen LogP contribution in [0.15, 0.2) is 0 Å². The summed E-state index contributed by atoms with van der Waals surface area (Å²) in [5.41, 5.74) is 0. The smallest absolute Gasteiger partial charge is 0.320 e. The topological polar surface area (TPSA) is 15.3 Å². The number of piperidine rings is 1. The van der Waals surface area contributed by atoms with E-state index < -0.39 is 12.1 Å². The second kappa shape index (κ2) is 8.00. The van der Waals surface area contributed by atoms with Gasteiger partial charge in [0.05, 0.1) is 5.92 Å². The number of unbranched alkanes of at least 4 members (excludes halogenated alkanes) is 3. The quantitative estimate of drug-likeness (QED) is 0.713. The van der Waals surface area contributed by atoms with Crippen molar-refractivity contribution in [3.8, 4) is 0 Å². The molecule has 0 amide bonds. The minimum atomic E-state index is -3.99. The third-order valence-electron chi connectivity index (χ3n) is 3.70. The van der Waals surface area contributed by atoms with Crippen LogP contribution in [-0.4, -0.2) is 44.3 Å². The number of rotatable bonds is 7. The van der Waals surface area contributed by atoms with E-state index >= 15 is 0 Å². The average molecular weight is 266 g/mol. The molecular weight excluding hydrogens is 241 g/mol. The molecule has 0 aromatic heterocycles. The lowest BCUT2D eigenvalue weighted by Crippen LogP contribution is -2.39. The molecule has 1 saturated heterocycles. The number of nitrogens with zero attached hydrogens (tertiary/aromatic N) is 1. The molecule has 0 saturated carbocycles. The van der Waals surface area contributed by atoms with E-state index in [-0.39, 0.29) is 12.8 Å². The van der Waals surface area contributed by atoms with Crippen molar-refractivity contribution in [2.45, 2.75) is 44.7 Å². The van der Waals surface area contributed by atoms with Crippen molar-refractivity contribution in [3.63, 3.8) is 0 Å². The molecule has 18 heavy (non-hydrogen) atoms. The molecule has 0 aromatic carbocycles. The number of likely N-dealkylation sites (tertiary alicyclic amines) is 1. The van der Waals surface area contributed by atoms with Crippen LogP contribution in [0.1, 0.15) is 38.5 Å². The van der Waals surface area contributed by atoms with Crippen molar-refractivity contribution < 1.29 is 13.2 Å². The number of hydrogen-bond acceptors (Lipinski definition) is 2. The highest BCUT2D eigenvalue weighted by molar-refractivity contribution is 4.76. The Bertz CT molecular complexity index is 211. The summed E-state index contributed by atoms with van der Waals surface area (Å²) in [6.07, 6.45) is 1.26. The second-order valence-corrected chi connectivity index (χ2v) is 5.18. The maximum atomic E-state index is 12.5. The first kappa shape index (κ1) is 15.8. The standard InChI is InChI=1S/C13H25F3N2/c1-17-8-4-2-3-5-9-18-10-6-12(7-11-18)13(14,15)16/h12,17H,2-11H2,1H3. The summed E-state index contributed by atoms with van der Waals surface area (Å²) in [7, 11) is 1.95. The maximum Gasteiger partial charge on any atom is 0.391 e. The van der Waals surface area contributed by atoms with Gasteiger partial charge in [-0.3, -0.25) is 0 Å². The molecule has 1 rings (SSSR count). The lowest BCUT2D eigenvalue weighted by atomic mass is 9.96. The molecule has 0 aliphatic carbocycles. The first-order chi connectivity index (χ1) is 8.54. The summed E-state index contributed by atoms with van der Waals surface area (Å²) in [4.78, 5) is 2.18. The molecule has 1 aliphatic rings. The van der Waals surface area contributed by atoms with E-state index in [9.17, 15) is 13.2 Å². The molecule has 0 unspecified atom stereocenters. The fraction of sp³-hybridized carbons (Fsp3) is 1.00. The molecule has 0 aromatic rings. The van der Waals surface area contributed by atoms with Crippen LogP contribution in [0.5, 0.6) is 0 Å². The number of alkyl halides is 3. The first-order valence-electron chi connectivity index (χ1n) is 6.97. The van der Waals surface area contributed by atoms with Gasteiger partial charge in [-0.05, 0) is 58.9 Å². The highest BCUT2D eigenvalue weighted by atomic mass is 19.4. The summed E-state index contributed by atoms with van der Waals surface area (Å²) in [6, 6.07) is 0. The van der Waals surface area contributed by atoms with Crippen molar-refractivity contribution in [3.05, 3.63) is 0 Å². The molecule has 108 valence electrons. The van der Waals surface area contributed by atoms with E-state index in [1.54, 1.807) is 0 Å². The van der Waals surface area contributed by atoms with Gasteiger partial charge < -0.3 is 10.2 Å². The van der Waals surface area contributed by atoms with E-state index in [0.29, 0.717) is 13.1 Å². The Morgan fingerprint density at radius 2 is 1.67 bits per heavy atom. The van der Waals surface area contributed by atoms with Gasteiger partial charge in [0.2, 0.25) is 0 Å². The van der Waals surface area contributed by atoms with Gasteiger partial charge in [0, 0.05) is 0 Å². The molecule has 1 N–H and O–H groups in total. The van der Waals surface area contributed by atoms with Crippen LogP contribution >= 0.6 is 0 Å². The molecule has 0 bridgehead atoms. The van der Waals surface area contributed by atoms with Crippen LogP contribution in [0.4, 0.5) is 13.2 Å². The highest BCUT2D eigenvalue weighted by Gasteiger charge is 2.40. The van der Waals surface area contributed by atoms with Crippen molar-refractivity contribution in [2.24, 2.45) is 5.92 Å². The molecule has 5 heteroatoms. The molecule has 0 atom stereocenters. The van der Waals surface area contributed by atoms with Crippen LogP contribution in [0.2, 0.25) is 0 Å². The van der Waals surface area contributed by atoms with Crippen LogP contribution in [0.25, 0.3) is 0 Å². The van der Waals surface area contributed by atoms with E-state index in [4.69, 9.17) is 0 Å². The van der Waals surface area contributed by atoms with Gasteiger partial charge in [0.25, 0.3) is 0 Å². The largest absolute Gasteiger partial charge is 0.391 e. The van der Waals surface area contributed by atoms with E-state index in [1.807, 2.05) is 7.05 Å². The molecule has 1 aliphatic heterocycles. The van der Waals surface area contributed by atoms with Gasteiger partial charge in [-0.2, -0.15) is 13.2 Å². The zero-order chi connectivity index (χ0) is 13.4. The number of hydrogen-bond donors (Lipinski definition) is 1. The van der Waals surface area contributed by atoms with Crippen molar-refractivity contribution >= 4 is 0 Å². The van der Waals surface area contributed by atoms with Gasteiger partial charge in [-0.1, -0.05) is 12.8 Å². The van der Waals surface area contributed by atoms with Crippen molar-refractivity contribution in [1.29, 1.82) is 0 Å². The predicted molar refractivity (Wildman–Crippen MR) is 67.6 cm³/mol. The van der Waals surface area contributed by atoms with E-state index in [1.165, 1.54) is 19.3 Å². The molecule has 1 fully saturated rings.